The van der Waals surface area contributed by atoms with E-state index in [0.717, 1.165) is 28.9 Å². The zero-order valence-corrected chi connectivity index (χ0v) is 21.7. The number of aliphatic imine (C=N–C) groups is 1. The largest absolute Gasteiger partial charge is 0.497 e. The van der Waals surface area contributed by atoms with Gasteiger partial charge in [0.05, 0.1) is 17.7 Å². The molecule has 0 atom stereocenters. The molecule has 0 spiro atoms. The fourth-order valence-corrected chi connectivity index (χ4v) is 6.25. The molecule has 1 saturated heterocycles. The van der Waals surface area contributed by atoms with Crippen molar-refractivity contribution in [1.29, 1.82) is 0 Å². The van der Waals surface area contributed by atoms with Crippen molar-refractivity contribution in [2.75, 3.05) is 13.7 Å². The normalized spacial score (nSPS) is 18.6. The van der Waals surface area contributed by atoms with Gasteiger partial charge >= 0.3 is 0 Å². The van der Waals surface area contributed by atoms with Crippen molar-refractivity contribution in [2.24, 2.45) is 4.99 Å². The number of carbonyl (C=O) groups excluding carboxylic acids is 1. The molecule has 37 heavy (non-hydrogen) atoms. The quantitative estimate of drug-likeness (QED) is 0.274. The summed E-state index contributed by atoms with van der Waals surface area (Å²) in [5.74, 6) is 0.786. The Morgan fingerprint density at radius 1 is 1.11 bits per heavy atom. The number of aromatic amines is 1. The van der Waals surface area contributed by atoms with Gasteiger partial charge in [0.25, 0.3) is 5.91 Å². The summed E-state index contributed by atoms with van der Waals surface area (Å²) in [6.07, 6.45) is 14.2. The lowest BCUT2D eigenvalue weighted by Gasteiger charge is -2.15. The molecular weight excluding hydrogens is 480 g/mol. The monoisotopic (exact) mass is 510 g/mol. The third-order valence-corrected chi connectivity index (χ3v) is 8.25. The molecule has 1 aliphatic heterocycles. The highest BCUT2D eigenvalue weighted by Crippen LogP contribution is 2.36. The van der Waals surface area contributed by atoms with Crippen molar-refractivity contribution in [3.63, 3.8) is 0 Å². The minimum atomic E-state index is 0.00530. The van der Waals surface area contributed by atoms with Crippen molar-refractivity contribution in [3.05, 3.63) is 89.2 Å². The Labute approximate surface area is 221 Å². The summed E-state index contributed by atoms with van der Waals surface area (Å²) < 4.78 is 7.59. The summed E-state index contributed by atoms with van der Waals surface area (Å²) in [5, 5.41) is 1.90. The number of methoxy groups -OCH3 is 1. The topological polar surface area (TPSA) is 62.6 Å². The summed E-state index contributed by atoms with van der Waals surface area (Å²) in [6, 6.07) is 18.6. The molecule has 0 unspecified atom stereocenters. The summed E-state index contributed by atoms with van der Waals surface area (Å²) in [7, 11) is 1.65. The Bertz CT molecular complexity index is 1470. The standard InChI is InChI=1S/C30H30N4O2S/c1-36-25-12-10-23(11-13-25)32-30-34(17-15-22-19-31-27-9-5-4-8-26(22)27)29(35)28(37-30)18-21-14-16-33(20-21)24-6-2-3-7-24/h4-5,8-14,16,18-20,24,31H,2-3,6-7,15,17H2,1H3/b28-18+,32-30?. The molecule has 1 saturated carbocycles. The third-order valence-electron chi connectivity index (χ3n) is 7.25. The van der Waals surface area contributed by atoms with Crippen LogP contribution in [0, 0.1) is 0 Å². The first kappa shape index (κ1) is 23.7. The highest BCUT2D eigenvalue weighted by molar-refractivity contribution is 8.18. The number of amidine groups is 1. The Kier molecular flexibility index (Phi) is 6.62. The van der Waals surface area contributed by atoms with Crippen LogP contribution in [0.3, 0.4) is 0 Å². The molecule has 2 fully saturated rings. The third kappa shape index (κ3) is 4.96. The number of rotatable bonds is 7. The highest BCUT2D eigenvalue weighted by Gasteiger charge is 2.33. The van der Waals surface area contributed by atoms with E-state index < -0.39 is 0 Å². The maximum absolute atomic E-state index is 13.6. The number of H-pyrrole nitrogens is 1. The van der Waals surface area contributed by atoms with Crippen LogP contribution in [-0.4, -0.2) is 39.2 Å². The molecular formula is C30H30N4O2S. The van der Waals surface area contributed by atoms with Gasteiger partial charge in [-0.1, -0.05) is 31.0 Å². The number of thioether (sulfide) groups is 1. The van der Waals surface area contributed by atoms with E-state index in [4.69, 9.17) is 9.73 Å². The first-order valence-electron chi connectivity index (χ1n) is 12.8. The van der Waals surface area contributed by atoms with Crippen LogP contribution >= 0.6 is 11.8 Å². The molecule has 7 heteroatoms. The number of aromatic nitrogens is 2. The molecule has 6 rings (SSSR count). The van der Waals surface area contributed by atoms with Gasteiger partial charge in [0.2, 0.25) is 0 Å². The van der Waals surface area contributed by atoms with E-state index in [-0.39, 0.29) is 5.91 Å². The van der Waals surface area contributed by atoms with E-state index in [2.05, 4.69) is 40.1 Å². The number of amides is 1. The molecule has 1 amide bonds. The summed E-state index contributed by atoms with van der Waals surface area (Å²) in [5.41, 5.74) is 4.16. The number of hydrogen-bond donors (Lipinski definition) is 1. The molecule has 1 N–H and O–H groups in total. The highest BCUT2D eigenvalue weighted by atomic mass is 32.2. The fraction of sp³-hybridized carbons (Fsp3) is 0.267. The number of nitrogens with zero attached hydrogens (tertiary/aromatic N) is 3. The predicted octanol–water partition coefficient (Wildman–Crippen LogP) is 6.94. The number of nitrogens with one attached hydrogen (secondary N) is 1. The smallest absolute Gasteiger partial charge is 0.266 e. The summed E-state index contributed by atoms with van der Waals surface area (Å²) in [4.78, 5) is 24.3. The fourth-order valence-electron chi connectivity index (χ4n) is 5.22. The molecule has 4 aromatic rings. The molecule has 1 aliphatic carbocycles. The van der Waals surface area contributed by atoms with E-state index in [1.54, 1.807) is 7.11 Å². The van der Waals surface area contributed by atoms with Crippen molar-refractivity contribution >= 4 is 45.5 Å². The molecule has 2 aromatic heterocycles. The van der Waals surface area contributed by atoms with Gasteiger partial charge in [0, 0.05) is 42.1 Å². The molecule has 3 heterocycles. The number of para-hydroxylation sites is 1. The lowest BCUT2D eigenvalue weighted by molar-refractivity contribution is -0.122. The molecule has 188 valence electrons. The van der Waals surface area contributed by atoms with Crippen LogP contribution in [0.4, 0.5) is 5.69 Å². The van der Waals surface area contributed by atoms with Crippen LogP contribution in [0.25, 0.3) is 17.0 Å². The van der Waals surface area contributed by atoms with E-state index in [1.807, 2.05) is 53.6 Å². The molecule has 6 nitrogen and oxygen atoms in total. The van der Waals surface area contributed by atoms with Crippen molar-refractivity contribution < 1.29 is 9.53 Å². The summed E-state index contributed by atoms with van der Waals surface area (Å²) in [6.45, 7) is 0.559. The second-order valence-electron chi connectivity index (χ2n) is 9.60. The van der Waals surface area contributed by atoms with Gasteiger partial charge in [0.15, 0.2) is 5.17 Å². The van der Waals surface area contributed by atoms with Gasteiger partial charge in [-0.3, -0.25) is 9.69 Å². The van der Waals surface area contributed by atoms with Crippen LogP contribution in [-0.2, 0) is 11.2 Å². The average molecular weight is 511 g/mol. The maximum atomic E-state index is 13.6. The van der Waals surface area contributed by atoms with Crippen molar-refractivity contribution in [3.8, 4) is 5.75 Å². The second-order valence-corrected chi connectivity index (χ2v) is 10.6. The molecule has 2 aliphatic rings. The second kappa shape index (κ2) is 10.3. The number of carbonyl (C=O) groups is 1. The SMILES string of the molecule is COc1ccc(N=C2S/C(=C/c3ccn(C4CCCC4)c3)C(=O)N2CCc2c[nH]c3ccccc23)cc1. The van der Waals surface area contributed by atoms with Crippen molar-refractivity contribution in [1.82, 2.24) is 14.5 Å². The van der Waals surface area contributed by atoms with Gasteiger partial charge in [-0.05, 0) is 84.6 Å². The maximum Gasteiger partial charge on any atom is 0.266 e. The average Bonchev–Trinajstić information content (AvgIpc) is 3.72. The Balaban J connectivity index is 1.28. The summed E-state index contributed by atoms with van der Waals surface area (Å²) >= 11 is 1.45. The Morgan fingerprint density at radius 3 is 2.73 bits per heavy atom. The minimum absolute atomic E-state index is 0.00530. The minimum Gasteiger partial charge on any atom is -0.497 e. The molecule has 0 bridgehead atoms. The van der Waals surface area contributed by atoms with Crippen LogP contribution in [0.1, 0.15) is 42.9 Å². The zero-order valence-electron chi connectivity index (χ0n) is 20.9. The molecule has 0 radical (unpaired) electrons. The number of hydrogen-bond acceptors (Lipinski definition) is 4. The van der Waals surface area contributed by atoms with E-state index in [9.17, 15) is 4.79 Å². The van der Waals surface area contributed by atoms with Crippen LogP contribution in [0.5, 0.6) is 5.75 Å². The van der Waals surface area contributed by atoms with Gasteiger partial charge in [-0.15, -0.1) is 0 Å². The van der Waals surface area contributed by atoms with Gasteiger partial charge in [-0.2, -0.15) is 0 Å². The lowest BCUT2D eigenvalue weighted by Crippen LogP contribution is -2.31. The van der Waals surface area contributed by atoms with E-state index >= 15 is 0 Å². The van der Waals surface area contributed by atoms with Gasteiger partial charge in [0.1, 0.15) is 5.75 Å². The van der Waals surface area contributed by atoms with Crippen molar-refractivity contribution in [2.45, 2.75) is 38.1 Å². The molecule has 2 aromatic carbocycles. The van der Waals surface area contributed by atoms with E-state index in [0.29, 0.717) is 22.7 Å². The number of ether oxygens (including phenoxy) is 1. The lowest BCUT2D eigenvalue weighted by atomic mass is 10.1. The zero-order chi connectivity index (χ0) is 25.2. The first-order valence-corrected chi connectivity index (χ1v) is 13.7. The Hall–Kier alpha value is -3.71. The van der Waals surface area contributed by atoms with Crippen LogP contribution in [0.2, 0.25) is 0 Å². The van der Waals surface area contributed by atoms with Gasteiger partial charge < -0.3 is 14.3 Å². The van der Waals surface area contributed by atoms with Crippen LogP contribution in [0.15, 0.2) is 83.1 Å². The Morgan fingerprint density at radius 2 is 1.92 bits per heavy atom. The van der Waals surface area contributed by atoms with E-state index in [1.165, 1.54) is 48.4 Å². The number of fused-ring (bicyclic) bond motifs is 1. The first-order chi connectivity index (χ1) is 18.2. The van der Waals surface area contributed by atoms with Gasteiger partial charge in [-0.25, -0.2) is 4.99 Å². The predicted molar refractivity (Wildman–Crippen MR) is 151 cm³/mol. The number of benzene rings is 2. The van der Waals surface area contributed by atoms with Crippen LogP contribution < -0.4 is 4.74 Å².